The van der Waals surface area contributed by atoms with Gasteiger partial charge in [0.05, 0.1) is 6.10 Å². The van der Waals surface area contributed by atoms with Gasteiger partial charge in [-0.05, 0) is 12.5 Å². The van der Waals surface area contributed by atoms with Crippen LogP contribution in [0.3, 0.4) is 0 Å². The molecule has 15 heavy (non-hydrogen) atoms. The molecule has 0 aliphatic rings. The number of amides is 2. The van der Waals surface area contributed by atoms with E-state index in [0.29, 0.717) is 6.42 Å². The van der Waals surface area contributed by atoms with Gasteiger partial charge in [0, 0.05) is 13.0 Å². The van der Waals surface area contributed by atoms with Crippen molar-refractivity contribution < 1.29 is 9.90 Å². The summed E-state index contributed by atoms with van der Waals surface area (Å²) < 4.78 is 0. The summed E-state index contributed by atoms with van der Waals surface area (Å²) in [6.07, 6.45) is -0.0826. The lowest BCUT2D eigenvalue weighted by molar-refractivity contribution is 0.172. The Morgan fingerprint density at radius 1 is 1.47 bits per heavy atom. The van der Waals surface area contributed by atoms with Gasteiger partial charge in [0.1, 0.15) is 0 Å². The summed E-state index contributed by atoms with van der Waals surface area (Å²) in [7, 11) is 0. The van der Waals surface area contributed by atoms with E-state index < -0.39 is 12.1 Å². The molecule has 0 saturated carbocycles. The predicted molar refractivity (Wildman–Crippen MR) is 58.5 cm³/mol. The first-order valence-corrected chi connectivity index (χ1v) is 4.85. The summed E-state index contributed by atoms with van der Waals surface area (Å²) >= 11 is 0. The Hall–Kier alpha value is -1.55. The number of hydrogen-bond donors (Lipinski definition) is 3. The first kappa shape index (κ1) is 11.5. The van der Waals surface area contributed by atoms with E-state index in [-0.39, 0.29) is 6.54 Å². The predicted octanol–water partition coefficient (Wildman–Crippen LogP) is 0.567. The molecule has 0 spiro atoms. The first-order chi connectivity index (χ1) is 7.08. The summed E-state index contributed by atoms with van der Waals surface area (Å²) in [4.78, 5) is 10.4. The molecule has 0 aliphatic carbocycles. The van der Waals surface area contributed by atoms with Crippen molar-refractivity contribution in [3.05, 3.63) is 35.4 Å². The fourth-order valence-electron chi connectivity index (χ4n) is 1.29. The fourth-order valence-corrected chi connectivity index (χ4v) is 1.29. The number of benzene rings is 1. The van der Waals surface area contributed by atoms with Gasteiger partial charge in [-0.2, -0.15) is 0 Å². The number of carbonyl (C=O) groups excluding carboxylic acids is 1. The van der Waals surface area contributed by atoms with Gasteiger partial charge in [-0.25, -0.2) is 4.79 Å². The van der Waals surface area contributed by atoms with Gasteiger partial charge in [0.25, 0.3) is 0 Å². The molecule has 0 aromatic heterocycles. The molecule has 4 heteroatoms. The molecule has 82 valence electrons. The van der Waals surface area contributed by atoms with E-state index in [9.17, 15) is 9.90 Å². The topological polar surface area (TPSA) is 75.3 Å². The molecule has 0 radical (unpaired) electrons. The van der Waals surface area contributed by atoms with Crippen molar-refractivity contribution in [3.63, 3.8) is 0 Å². The zero-order valence-corrected chi connectivity index (χ0v) is 8.73. The standard InChI is InChI=1S/C11H16N2O2/c1-8-2-4-9(5-3-8)6-10(14)7-13-11(12)15/h2-5,10,14H,6-7H2,1H3,(H3,12,13,15). The minimum atomic E-state index is -0.613. The lowest BCUT2D eigenvalue weighted by Crippen LogP contribution is -2.36. The normalized spacial score (nSPS) is 12.1. The Morgan fingerprint density at radius 2 is 2.07 bits per heavy atom. The molecule has 0 bridgehead atoms. The molecular formula is C11H16N2O2. The number of rotatable bonds is 4. The number of aliphatic hydroxyl groups is 1. The van der Waals surface area contributed by atoms with Crippen LogP contribution in [0, 0.1) is 6.92 Å². The van der Waals surface area contributed by atoms with Gasteiger partial charge < -0.3 is 16.2 Å². The van der Waals surface area contributed by atoms with Crippen molar-refractivity contribution in [3.8, 4) is 0 Å². The second kappa shape index (κ2) is 5.36. The number of nitrogens with two attached hydrogens (primary N) is 1. The van der Waals surface area contributed by atoms with Gasteiger partial charge >= 0.3 is 6.03 Å². The number of urea groups is 1. The number of nitrogens with one attached hydrogen (secondary N) is 1. The largest absolute Gasteiger partial charge is 0.391 e. The molecule has 4 N–H and O–H groups in total. The molecule has 0 fully saturated rings. The number of aryl methyl sites for hydroxylation is 1. The monoisotopic (exact) mass is 208 g/mol. The highest BCUT2D eigenvalue weighted by molar-refractivity contribution is 5.71. The van der Waals surface area contributed by atoms with E-state index in [0.717, 1.165) is 5.56 Å². The Bertz CT molecular complexity index is 322. The Labute approximate surface area is 89.1 Å². The lowest BCUT2D eigenvalue weighted by atomic mass is 10.1. The number of carbonyl (C=O) groups is 1. The third-order valence-corrected chi connectivity index (χ3v) is 2.10. The van der Waals surface area contributed by atoms with Crippen LogP contribution in [0.1, 0.15) is 11.1 Å². The maximum Gasteiger partial charge on any atom is 0.312 e. The van der Waals surface area contributed by atoms with Crippen LogP contribution in [0.2, 0.25) is 0 Å². The number of primary amides is 1. The molecule has 1 aromatic carbocycles. The zero-order chi connectivity index (χ0) is 11.3. The lowest BCUT2D eigenvalue weighted by Gasteiger charge is -2.10. The smallest absolute Gasteiger partial charge is 0.312 e. The summed E-state index contributed by atoms with van der Waals surface area (Å²) in [5.41, 5.74) is 7.12. The maximum atomic E-state index is 10.4. The van der Waals surface area contributed by atoms with Crippen LogP contribution in [-0.4, -0.2) is 23.8 Å². The van der Waals surface area contributed by atoms with E-state index >= 15 is 0 Å². The van der Waals surface area contributed by atoms with Crippen LogP contribution in [0.25, 0.3) is 0 Å². The molecule has 2 amide bonds. The molecule has 1 atom stereocenters. The molecule has 0 saturated heterocycles. The van der Waals surface area contributed by atoms with E-state index in [1.807, 2.05) is 31.2 Å². The maximum absolute atomic E-state index is 10.4. The molecule has 1 aromatic rings. The molecule has 4 nitrogen and oxygen atoms in total. The minimum Gasteiger partial charge on any atom is -0.391 e. The number of hydrogen-bond acceptors (Lipinski definition) is 2. The summed E-state index contributed by atoms with van der Waals surface area (Å²) in [5.74, 6) is 0. The highest BCUT2D eigenvalue weighted by Crippen LogP contribution is 2.05. The highest BCUT2D eigenvalue weighted by atomic mass is 16.3. The molecule has 0 aliphatic heterocycles. The van der Waals surface area contributed by atoms with Crippen LogP contribution in [0.4, 0.5) is 4.79 Å². The SMILES string of the molecule is Cc1ccc(CC(O)CNC(N)=O)cc1. The van der Waals surface area contributed by atoms with E-state index in [2.05, 4.69) is 5.32 Å². The Balaban J connectivity index is 2.40. The summed E-state index contributed by atoms with van der Waals surface area (Å²) in [5, 5.41) is 11.9. The van der Waals surface area contributed by atoms with Crippen molar-refractivity contribution in [1.82, 2.24) is 5.32 Å². The van der Waals surface area contributed by atoms with Crippen molar-refractivity contribution in [2.45, 2.75) is 19.4 Å². The Morgan fingerprint density at radius 3 is 2.60 bits per heavy atom. The van der Waals surface area contributed by atoms with Crippen LogP contribution in [0.5, 0.6) is 0 Å². The van der Waals surface area contributed by atoms with Crippen molar-refractivity contribution >= 4 is 6.03 Å². The molecular weight excluding hydrogens is 192 g/mol. The zero-order valence-electron chi connectivity index (χ0n) is 8.73. The van der Waals surface area contributed by atoms with E-state index in [4.69, 9.17) is 5.73 Å². The van der Waals surface area contributed by atoms with E-state index in [1.165, 1.54) is 5.56 Å². The minimum absolute atomic E-state index is 0.184. The first-order valence-electron chi connectivity index (χ1n) is 4.85. The van der Waals surface area contributed by atoms with Crippen LogP contribution >= 0.6 is 0 Å². The van der Waals surface area contributed by atoms with Crippen LogP contribution in [-0.2, 0) is 6.42 Å². The van der Waals surface area contributed by atoms with Crippen molar-refractivity contribution in [2.24, 2.45) is 5.73 Å². The van der Waals surface area contributed by atoms with Crippen molar-refractivity contribution in [2.75, 3.05) is 6.54 Å². The Kier molecular flexibility index (Phi) is 4.12. The highest BCUT2D eigenvalue weighted by Gasteiger charge is 2.05. The fraction of sp³-hybridized carbons (Fsp3) is 0.364. The summed E-state index contributed by atoms with van der Waals surface area (Å²) in [6.45, 7) is 2.19. The summed E-state index contributed by atoms with van der Waals surface area (Å²) in [6, 6.07) is 7.29. The third-order valence-electron chi connectivity index (χ3n) is 2.10. The van der Waals surface area contributed by atoms with Crippen molar-refractivity contribution in [1.29, 1.82) is 0 Å². The van der Waals surface area contributed by atoms with Crippen LogP contribution < -0.4 is 11.1 Å². The third kappa shape index (κ3) is 4.46. The molecule has 1 rings (SSSR count). The van der Waals surface area contributed by atoms with Gasteiger partial charge in [-0.15, -0.1) is 0 Å². The average molecular weight is 208 g/mol. The second-order valence-corrected chi connectivity index (χ2v) is 3.59. The van der Waals surface area contributed by atoms with Gasteiger partial charge in [-0.1, -0.05) is 29.8 Å². The van der Waals surface area contributed by atoms with Gasteiger partial charge in [0.2, 0.25) is 0 Å². The number of aliphatic hydroxyl groups excluding tert-OH is 1. The van der Waals surface area contributed by atoms with Crippen LogP contribution in [0.15, 0.2) is 24.3 Å². The average Bonchev–Trinajstić information content (AvgIpc) is 2.19. The van der Waals surface area contributed by atoms with Gasteiger partial charge in [0.15, 0.2) is 0 Å². The second-order valence-electron chi connectivity index (χ2n) is 3.59. The van der Waals surface area contributed by atoms with E-state index in [1.54, 1.807) is 0 Å². The van der Waals surface area contributed by atoms with Gasteiger partial charge in [-0.3, -0.25) is 0 Å². The molecule has 0 heterocycles. The molecule has 1 unspecified atom stereocenters. The quantitative estimate of drug-likeness (QED) is 0.676.